The Labute approximate surface area is 139 Å². The largest absolute Gasteiger partial charge is 0.224 e. The highest BCUT2D eigenvalue weighted by Gasteiger charge is 2.18. The third-order valence-electron chi connectivity index (χ3n) is 4.04. The Morgan fingerprint density at radius 3 is 1.73 bits per heavy atom. The Hall–Kier alpha value is -1.39. The Balaban J connectivity index is 2.01. The lowest BCUT2D eigenvalue weighted by atomic mass is 9.97. The Morgan fingerprint density at radius 1 is 0.818 bits per heavy atom. The first-order chi connectivity index (χ1) is 10.4. The fourth-order valence-electron chi connectivity index (χ4n) is 2.94. The topological polar surface area (TPSA) is 34.1 Å². The second kappa shape index (κ2) is 6.01. The summed E-state index contributed by atoms with van der Waals surface area (Å²) in [5, 5.41) is 0. The van der Waals surface area contributed by atoms with E-state index in [2.05, 4.69) is 40.2 Å². The third kappa shape index (κ3) is 3.18. The van der Waals surface area contributed by atoms with Crippen molar-refractivity contribution in [2.24, 2.45) is 0 Å². The lowest BCUT2D eigenvalue weighted by molar-refractivity contribution is 0.602. The monoisotopic (exact) mass is 376 g/mol. The lowest BCUT2D eigenvalue weighted by Crippen LogP contribution is -1.97. The molecule has 2 aromatic carbocycles. The molecule has 4 heteroatoms. The van der Waals surface area contributed by atoms with E-state index in [0.717, 1.165) is 29.3 Å². The van der Waals surface area contributed by atoms with Crippen LogP contribution in [-0.4, -0.2) is 14.7 Å². The molecule has 0 saturated carbocycles. The minimum atomic E-state index is -3.13. The highest BCUT2D eigenvalue weighted by Crippen LogP contribution is 2.40. The van der Waals surface area contributed by atoms with E-state index < -0.39 is 9.84 Å². The lowest BCUT2D eigenvalue weighted by Gasteiger charge is -2.09. The van der Waals surface area contributed by atoms with Crippen molar-refractivity contribution < 1.29 is 8.42 Å². The highest BCUT2D eigenvalue weighted by molar-refractivity contribution is 9.10. The van der Waals surface area contributed by atoms with Gasteiger partial charge >= 0.3 is 0 Å². The zero-order valence-corrected chi connectivity index (χ0v) is 14.7. The predicted molar refractivity (Wildman–Crippen MR) is 94.4 cm³/mol. The van der Waals surface area contributed by atoms with Crippen molar-refractivity contribution in [3.05, 3.63) is 64.1 Å². The molecule has 1 aliphatic rings. The van der Waals surface area contributed by atoms with E-state index in [-0.39, 0.29) is 0 Å². The normalized spacial score (nSPS) is 15.4. The molecule has 0 aromatic heterocycles. The van der Waals surface area contributed by atoms with Crippen molar-refractivity contribution in [3.8, 4) is 0 Å². The number of benzene rings is 2. The van der Waals surface area contributed by atoms with Crippen molar-refractivity contribution in [1.29, 1.82) is 0 Å². The van der Waals surface area contributed by atoms with Gasteiger partial charge in [-0.1, -0.05) is 40.2 Å². The van der Waals surface area contributed by atoms with Gasteiger partial charge in [0.15, 0.2) is 9.84 Å². The number of sulfone groups is 1. The van der Waals surface area contributed by atoms with Gasteiger partial charge in [-0.3, -0.25) is 0 Å². The minimum absolute atomic E-state index is 0.375. The molecule has 3 rings (SSSR count). The molecule has 2 aromatic rings. The van der Waals surface area contributed by atoms with E-state index in [0.29, 0.717) is 4.90 Å². The molecule has 2 nitrogen and oxygen atoms in total. The maximum absolute atomic E-state index is 11.6. The van der Waals surface area contributed by atoms with Crippen molar-refractivity contribution >= 4 is 36.9 Å². The number of allylic oxidation sites excluding steroid dienone is 2. The fraction of sp³-hybridized carbons (Fsp3) is 0.222. The zero-order valence-electron chi connectivity index (χ0n) is 12.3. The van der Waals surface area contributed by atoms with Crippen LogP contribution in [0.15, 0.2) is 57.9 Å². The fourth-order valence-corrected chi connectivity index (χ4v) is 3.83. The molecule has 0 N–H and O–H groups in total. The molecular formula is C18H17BrO2S. The number of halogens is 1. The van der Waals surface area contributed by atoms with Crippen LogP contribution in [0.4, 0.5) is 0 Å². The predicted octanol–water partition coefficient (Wildman–Crippen LogP) is 4.95. The summed E-state index contributed by atoms with van der Waals surface area (Å²) in [5.41, 5.74) is 5.09. The van der Waals surface area contributed by atoms with Crippen molar-refractivity contribution in [2.45, 2.75) is 24.2 Å². The number of hydrogen-bond donors (Lipinski definition) is 0. The summed E-state index contributed by atoms with van der Waals surface area (Å²) in [6, 6.07) is 15.7. The van der Waals surface area contributed by atoms with Crippen LogP contribution in [0.3, 0.4) is 0 Å². The van der Waals surface area contributed by atoms with Gasteiger partial charge in [0.25, 0.3) is 0 Å². The minimum Gasteiger partial charge on any atom is -0.224 e. The maximum atomic E-state index is 11.6. The summed E-state index contributed by atoms with van der Waals surface area (Å²) in [4.78, 5) is 0.375. The van der Waals surface area contributed by atoms with Crippen LogP contribution in [0.5, 0.6) is 0 Å². The van der Waals surface area contributed by atoms with E-state index in [4.69, 9.17) is 0 Å². The molecule has 0 bridgehead atoms. The van der Waals surface area contributed by atoms with E-state index in [9.17, 15) is 8.42 Å². The summed E-state index contributed by atoms with van der Waals surface area (Å²) in [7, 11) is -3.13. The quantitative estimate of drug-likeness (QED) is 0.759. The first kappa shape index (κ1) is 15.5. The van der Waals surface area contributed by atoms with E-state index in [1.807, 2.05) is 12.1 Å². The second-order valence-electron chi connectivity index (χ2n) is 5.61. The molecule has 1 aliphatic carbocycles. The SMILES string of the molecule is CS(=O)(=O)c1ccc(C2=C(c3ccc(Br)cc3)CCC2)cc1. The van der Waals surface area contributed by atoms with Gasteiger partial charge < -0.3 is 0 Å². The van der Waals surface area contributed by atoms with Gasteiger partial charge in [0.2, 0.25) is 0 Å². The Bertz CT molecular complexity index is 816. The summed E-state index contributed by atoms with van der Waals surface area (Å²) in [6.07, 6.45) is 4.51. The van der Waals surface area contributed by atoms with Gasteiger partial charge in [0, 0.05) is 10.7 Å². The smallest absolute Gasteiger partial charge is 0.175 e. The third-order valence-corrected chi connectivity index (χ3v) is 5.70. The van der Waals surface area contributed by atoms with Crippen LogP contribution >= 0.6 is 15.9 Å². The molecule has 0 fully saturated rings. The molecule has 0 atom stereocenters. The molecule has 114 valence electrons. The molecular weight excluding hydrogens is 360 g/mol. The van der Waals surface area contributed by atoms with Crippen LogP contribution < -0.4 is 0 Å². The number of hydrogen-bond acceptors (Lipinski definition) is 2. The average molecular weight is 377 g/mol. The zero-order chi connectivity index (χ0) is 15.7. The van der Waals surface area contributed by atoms with Gasteiger partial charge in [-0.15, -0.1) is 0 Å². The first-order valence-corrected chi connectivity index (χ1v) is 9.92. The second-order valence-corrected chi connectivity index (χ2v) is 8.55. The van der Waals surface area contributed by atoms with Crippen LogP contribution in [-0.2, 0) is 9.84 Å². The van der Waals surface area contributed by atoms with Gasteiger partial charge in [-0.2, -0.15) is 0 Å². The molecule has 0 heterocycles. The molecule has 0 radical (unpaired) electrons. The number of rotatable bonds is 3. The molecule has 0 spiro atoms. The van der Waals surface area contributed by atoms with E-state index in [1.165, 1.54) is 23.0 Å². The standard InChI is InChI=1S/C18H17BrO2S/c1-22(20,21)16-11-7-14(8-12-16)18-4-2-3-17(18)13-5-9-15(19)10-6-13/h5-12H,2-4H2,1H3. The molecule has 0 unspecified atom stereocenters. The van der Waals surface area contributed by atoms with Crippen molar-refractivity contribution in [3.63, 3.8) is 0 Å². The van der Waals surface area contributed by atoms with Crippen molar-refractivity contribution in [1.82, 2.24) is 0 Å². The summed E-state index contributed by atoms with van der Waals surface area (Å²) in [5.74, 6) is 0. The molecule has 0 saturated heterocycles. The summed E-state index contributed by atoms with van der Waals surface area (Å²) < 4.78 is 24.2. The van der Waals surface area contributed by atoms with Crippen molar-refractivity contribution in [2.75, 3.05) is 6.26 Å². The average Bonchev–Trinajstić information content (AvgIpc) is 2.97. The molecule has 22 heavy (non-hydrogen) atoms. The van der Waals surface area contributed by atoms with Crippen LogP contribution in [0.25, 0.3) is 11.1 Å². The summed E-state index contributed by atoms with van der Waals surface area (Å²) in [6.45, 7) is 0. The van der Waals surface area contributed by atoms with Gasteiger partial charge in [-0.25, -0.2) is 8.42 Å². The van der Waals surface area contributed by atoms with Gasteiger partial charge in [-0.05, 0) is 65.8 Å². The van der Waals surface area contributed by atoms with Crippen LogP contribution in [0.1, 0.15) is 30.4 Å². The summed E-state index contributed by atoms with van der Waals surface area (Å²) >= 11 is 3.47. The van der Waals surface area contributed by atoms with Crippen LogP contribution in [0, 0.1) is 0 Å². The molecule has 0 amide bonds. The van der Waals surface area contributed by atoms with Crippen LogP contribution in [0.2, 0.25) is 0 Å². The first-order valence-electron chi connectivity index (χ1n) is 7.23. The molecule has 0 aliphatic heterocycles. The van der Waals surface area contributed by atoms with Gasteiger partial charge in [0.05, 0.1) is 4.90 Å². The maximum Gasteiger partial charge on any atom is 0.175 e. The Morgan fingerprint density at radius 2 is 1.27 bits per heavy atom. The highest BCUT2D eigenvalue weighted by atomic mass is 79.9. The van der Waals surface area contributed by atoms with E-state index in [1.54, 1.807) is 12.1 Å². The van der Waals surface area contributed by atoms with E-state index >= 15 is 0 Å². The Kier molecular flexibility index (Phi) is 4.24. The van der Waals surface area contributed by atoms with Gasteiger partial charge in [0.1, 0.15) is 0 Å².